The van der Waals surface area contributed by atoms with Gasteiger partial charge in [0.15, 0.2) is 0 Å². The molecule has 3 nitrogen and oxygen atoms in total. The summed E-state index contributed by atoms with van der Waals surface area (Å²) in [4.78, 5) is 7.76. The molecule has 0 unspecified atom stereocenters. The Bertz CT molecular complexity index is 711. The first-order valence-electron chi connectivity index (χ1n) is 5.96. The molecule has 3 aromatic rings. The molecular formula is C15H15N3. The molecule has 0 amide bonds. The predicted octanol–water partition coefficient (Wildman–Crippen LogP) is 3.43. The zero-order chi connectivity index (χ0) is 12.7. The quantitative estimate of drug-likeness (QED) is 0.637. The van der Waals surface area contributed by atoms with E-state index in [1.807, 2.05) is 25.1 Å². The molecule has 0 aliphatic rings. The lowest BCUT2D eigenvalue weighted by molar-refractivity contribution is 1.29. The van der Waals surface area contributed by atoms with Crippen molar-refractivity contribution in [3.63, 3.8) is 0 Å². The normalized spacial score (nSPS) is 11.0. The molecule has 3 heteroatoms. The minimum atomic E-state index is 0.870. The van der Waals surface area contributed by atoms with E-state index in [2.05, 4.69) is 29.0 Å². The summed E-state index contributed by atoms with van der Waals surface area (Å²) in [6.07, 6.45) is 1.80. The van der Waals surface area contributed by atoms with Crippen LogP contribution in [0.5, 0.6) is 0 Å². The van der Waals surface area contributed by atoms with Crippen LogP contribution in [0, 0.1) is 13.8 Å². The summed E-state index contributed by atoms with van der Waals surface area (Å²) in [6.45, 7) is 4.09. The van der Waals surface area contributed by atoms with Crippen molar-refractivity contribution in [3.8, 4) is 11.4 Å². The van der Waals surface area contributed by atoms with Crippen molar-refractivity contribution in [2.45, 2.75) is 13.8 Å². The number of aromatic nitrogens is 2. The molecule has 18 heavy (non-hydrogen) atoms. The molecule has 0 spiro atoms. The fraction of sp³-hybridized carbons (Fsp3) is 0.133. The van der Waals surface area contributed by atoms with E-state index in [1.54, 1.807) is 6.20 Å². The number of pyridine rings is 1. The zero-order valence-electron chi connectivity index (χ0n) is 10.5. The third-order valence-electron chi connectivity index (χ3n) is 3.38. The average Bonchev–Trinajstić information content (AvgIpc) is 2.81. The predicted molar refractivity (Wildman–Crippen MR) is 75.4 cm³/mol. The van der Waals surface area contributed by atoms with Gasteiger partial charge in [-0.2, -0.15) is 0 Å². The third kappa shape index (κ3) is 1.56. The van der Waals surface area contributed by atoms with Crippen LogP contribution in [0.1, 0.15) is 11.1 Å². The highest BCUT2D eigenvalue weighted by Crippen LogP contribution is 2.30. The van der Waals surface area contributed by atoms with E-state index in [0.29, 0.717) is 0 Å². The molecule has 0 saturated carbocycles. The van der Waals surface area contributed by atoms with Crippen LogP contribution in [0.25, 0.3) is 22.3 Å². The van der Waals surface area contributed by atoms with Gasteiger partial charge in [0.1, 0.15) is 0 Å². The van der Waals surface area contributed by atoms with Crippen molar-refractivity contribution in [2.24, 2.45) is 0 Å². The summed E-state index contributed by atoms with van der Waals surface area (Å²) in [5.74, 6) is 0. The standard InChI is InChI=1S/C15H15N3/c1-9-7-13-11(10(2)15(9)16)8-14(18-13)12-5-3-4-6-17-12/h3-8,18H,16H2,1-2H3. The van der Waals surface area contributed by atoms with E-state index in [-0.39, 0.29) is 0 Å². The summed E-state index contributed by atoms with van der Waals surface area (Å²) >= 11 is 0. The minimum absolute atomic E-state index is 0.870. The Morgan fingerprint density at radius 2 is 2.00 bits per heavy atom. The molecule has 2 heterocycles. The Balaban J connectivity index is 2.27. The summed E-state index contributed by atoms with van der Waals surface area (Å²) < 4.78 is 0. The second kappa shape index (κ2) is 3.88. The van der Waals surface area contributed by atoms with Gasteiger partial charge in [0.25, 0.3) is 0 Å². The highest BCUT2D eigenvalue weighted by atomic mass is 14.8. The van der Waals surface area contributed by atoms with Gasteiger partial charge in [-0.3, -0.25) is 4.98 Å². The van der Waals surface area contributed by atoms with Crippen molar-refractivity contribution in [3.05, 3.63) is 47.7 Å². The van der Waals surface area contributed by atoms with Crippen molar-refractivity contribution in [2.75, 3.05) is 5.73 Å². The van der Waals surface area contributed by atoms with Crippen LogP contribution in [-0.4, -0.2) is 9.97 Å². The second-order valence-electron chi connectivity index (χ2n) is 4.59. The number of aromatic amines is 1. The molecule has 3 rings (SSSR count). The fourth-order valence-electron chi connectivity index (χ4n) is 2.29. The molecule has 90 valence electrons. The third-order valence-corrected chi connectivity index (χ3v) is 3.38. The minimum Gasteiger partial charge on any atom is -0.398 e. The van der Waals surface area contributed by atoms with Gasteiger partial charge in [-0.15, -0.1) is 0 Å². The van der Waals surface area contributed by atoms with Gasteiger partial charge in [0.05, 0.1) is 11.4 Å². The zero-order valence-corrected chi connectivity index (χ0v) is 10.5. The molecule has 0 aliphatic carbocycles. The number of hydrogen-bond donors (Lipinski definition) is 2. The maximum Gasteiger partial charge on any atom is 0.0864 e. The van der Waals surface area contributed by atoms with Crippen LogP contribution >= 0.6 is 0 Å². The molecule has 0 fully saturated rings. The number of nitrogen functional groups attached to an aromatic ring is 1. The lowest BCUT2D eigenvalue weighted by Crippen LogP contribution is -1.93. The number of hydrogen-bond acceptors (Lipinski definition) is 2. The maximum absolute atomic E-state index is 6.07. The molecular weight excluding hydrogens is 222 g/mol. The van der Waals surface area contributed by atoms with Crippen LogP contribution in [-0.2, 0) is 0 Å². The number of nitrogens with zero attached hydrogens (tertiary/aromatic N) is 1. The van der Waals surface area contributed by atoms with Gasteiger partial charge in [0.2, 0.25) is 0 Å². The summed E-state index contributed by atoms with van der Waals surface area (Å²) in [7, 11) is 0. The SMILES string of the molecule is Cc1cc2[nH]c(-c3ccccn3)cc2c(C)c1N. The molecule has 3 N–H and O–H groups in total. The van der Waals surface area contributed by atoms with E-state index in [1.165, 1.54) is 5.39 Å². The number of nitrogens with one attached hydrogen (secondary N) is 1. The van der Waals surface area contributed by atoms with Crippen molar-refractivity contribution < 1.29 is 0 Å². The molecule has 0 radical (unpaired) electrons. The first-order valence-corrected chi connectivity index (χ1v) is 5.96. The molecule has 2 aromatic heterocycles. The smallest absolute Gasteiger partial charge is 0.0864 e. The van der Waals surface area contributed by atoms with Crippen molar-refractivity contribution in [1.82, 2.24) is 9.97 Å². The summed E-state index contributed by atoms with van der Waals surface area (Å²) in [5, 5.41) is 1.17. The Morgan fingerprint density at radius 1 is 1.17 bits per heavy atom. The first-order chi connectivity index (χ1) is 8.66. The first kappa shape index (κ1) is 10.8. The summed E-state index contributed by atoms with van der Waals surface area (Å²) in [5.41, 5.74) is 12.3. The van der Waals surface area contributed by atoms with Crippen LogP contribution in [0.15, 0.2) is 36.5 Å². The fourth-order valence-corrected chi connectivity index (χ4v) is 2.29. The average molecular weight is 237 g/mol. The number of nitrogens with two attached hydrogens (primary N) is 1. The van der Waals surface area contributed by atoms with Crippen LogP contribution in [0.3, 0.4) is 0 Å². The van der Waals surface area contributed by atoms with E-state index < -0.39 is 0 Å². The molecule has 1 aromatic carbocycles. The highest BCUT2D eigenvalue weighted by molar-refractivity contribution is 5.92. The molecule has 0 saturated heterocycles. The summed E-state index contributed by atoms with van der Waals surface area (Å²) in [6, 6.07) is 10.1. The van der Waals surface area contributed by atoms with Gasteiger partial charge in [-0.1, -0.05) is 6.07 Å². The van der Waals surface area contributed by atoms with Crippen molar-refractivity contribution >= 4 is 16.6 Å². The topological polar surface area (TPSA) is 54.7 Å². The van der Waals surface area contributed by atoms with Crippen LogP contribution in [0.4, 0.5) is 5.69 Å². The van der Waals surface area contributed by atoms with E-state index in [9.17, 15) is 0 Å². The maximum atomic E-state index is 6.07. The van der Waals surface area contributed by atoms with Gasteiger partial charge >= 0.3 is 0 Å². The lowest BCUT2D eigenvalue weighted by atomic mass is 10.0. The van der Waals surface area contributed by atoms with Gasteiger partial charge in [0, 0.05) is 22.8 Å². The van der Waals surface area contributed by atoms with Crippen LogP contribution in [0.2, 0.25) is 0 Å². The number of H-pyrrole nitrogens is 1. The number of rotatable bonds is 1. The van der Waals surface area contributed by atoms with Gasteiger partial charge in [-0.05, 0) is 49.2 Å². The Morgan fingerprint density at radius 3 is 2.72 bits per heavy atom. The molecule has 0 aliphatic heterocycles. The monoisotopic (exact) mass is 237 g/mol. The van der Waals surface area contributed by atoms with Gasteiger partial charge < -0.3 is 10.7 Å². The largest absolute Gasteiger partial charge is 0.398 e. The van der Waals surface area contributed by atoms with Crippen molar-refractivity contribution in [1.29, 1.82) is 0 Å². The Labute approximate surface area is 106 Å². The Hall–Kier alpha value is -2.29. The number of benzene rings is 1. The number of fused-ring (bicyclic) bond motifs is 1. The lowest BCUT2D eigenvalue weighted by Gasteiger charge is -2.05. The highest BCUT2D eigenvalue weighted by Gasteiger charge is 2.09. The van der Waals surface area contributed by atoms with Gasteiger partial charge in [-0.25, -0.2) is 0 Å². The number of anilines is 1. The van der Waals surface area contributed by atoms with E-state index >= 15 is 0 Å². The second-order valence-corrected chi connectivity index (χ2v) is 4.59. The van der Waals surface area contributed by atoms with Crippen LogP contribution < -0.4 is 5.73 Å². The van der Waals surface area contributed by atoms with E-state index in [4.69, 9.17) is 5.73 Å². The molecule has 0 atom stereocenters. The number of aryl methyl sites for hydroxylation is 2. The Kier molecular flexibility index (Phi) is 2.33. The molecule has 0 bridgehead atoms. The van der Waals surface area contributed by atoms with E-state index in [0.717, 1.165) is 33.7 Å².